The minimum absolute atomic E-state index is 0.144. The molecule has 14 heavy (non-hydrogen) atoms. The van der Waals surface area contributed by atoms with Gasteiger partial charge in [0, 0.05) is 11.3 Å². The normalized spacial score (nSPS) is 11.5. The second kappa shape index (κ2) is 4.13. The van der Waals surface area contributed by atoms with Gasteiger partial charge in [-0.3, -0.25) is 0 Å². The minimum atomic E-state index is -4.38. The van der Waals surface area contributed by atoms with Crippen LogP contribution < -0.4 is 4.74 Å². The Kier molecular flexibility index (Phi) is 3.31. The number of benzene rings is 1. The Hall–Kier alpha value is -0.840. The summed E-state index contributed by atoms with van der Waals surface area (Å²) in [5.41, 5.74) is -0.322. The SMILES string of the molecule is COc1c(CS)cccc1C(F)(F)F. The van der Waals surface area contributed by atoms with Crippen LogP contribution in [0, 0.1) is 0 Å². The van der Waals surface area contributed by atoms with E-state index in [1.165, 1.54) is 13.2 Å². The number of halogens is 3. The fraction of sp³-hybridized carbons (Fsp3) is 0.333. The Morgan fingerprint density at radius 3 is 2.43 bits per heavy atom. The van der Waals surface area contributed by atoms with Crippen molar-refractivity contribution in [3.63, 3.8) is 0 Å². The Morgan fingerprint density at radius 2 is 2.00 bits per heavy atom. The predicted molar refractivity (Wildman–Crippen MR) is 50.7 cm³/mol. The fourth-order valence-electron chi connectivity index (χ4n) is 1.17. The molecule has 1 aromatic carbocycles. The molecule has 1 nitrogen and oxygen atoms in total. The van der Waals surface area contributed by atoms with Crippen molar-refractivity contribution in [3.05, 3.63) is 29.3 Å². The highest BCUT2D eigenvalue weighted by molar-refractivity contribution is 7.79. The van der Waals surface area contributed by atoms with Crippen LogP contribution in [-0.4, -0.2) is 7.11 Å². The summed E-state index contributed by atoms with van der Waals surface area (Å²) >= 11 is 3.93. The maximum absolute atomic E-state index is 12.4. The van der Waals surface area contributed by atoms with Gasteiger partial charge in [0.2, 0.25) is 0 Å². The van der Waals surface area contributed by atoms with E-state index in [-0.39, 0.29) is 11.5 Å². The summed E-state index contributed by atoms with van der Waals surface area (Å²) < 4.78 is 42.1. The monoisotopic (exact) mass is 222 g/mol. The van der Waals surface area contributed by atoms with Crippen molar-refractivity contribution in [2.24, 2.45) is 0 Å². The van der Waals surface area contributed by atoms with E-state index in [2.05, 4.69) is 12.6 Å². The molecule has 0 aromatic heterocycles. The predicted octanol–water partition coefficient (Wildman–Crippen LogP) is 3.14. The van der Waals surface area contributed by atoms with Crippen molar-refractivity contribution < 1.29 is 17.9 Å². The summed E-state index contributed by atoms with van der Waals surface area (Å²) in [6.07, 6.45) is -4.38. The quantitative estimate of drug-likeness (QED) is 0.756. The van der Waals surface area contributed by atoms with Crippen molar-refractivity contribution in [3.8, 4) is 5.75 Å². The first-order valence-corrected chi connectivity index (χ1v) is 4.48. The van der Waals surface area contributed by atoms with Crippen molar-refractivity contribution in [2.75, 3.05) is 7.11 Å². The first-order chi connectivity index (χ1) is 6.50. The molecule has 0 spiro atoms. The standard InChI is InChI=1S/C9H9F3OS/c1-13-8-6(5-14)3-2-4-7(8)9(10,11)12/h2-4,14H,5H2,1H3. The van der Waals surface area contributed by atoms with Crippen LogP contribution in [-0.2, 0) is 11.9 Å². The van der Waals surface area contributed by atoms with Crippen LogP contribution >= 0.6 is 12.6 Å². The molecular weight excluding hydrogens is 213 g/mol. The van der Waals surface area contributed by atoms with Gasteiger partial charge in [-0.2, -0.15) is 25.8 Å². The number of methoxy groups -OCH3 is 1. The number of hydrogen-bond acceptors (Lipinski definition) is 2. The third-order valence-electron chi connectivity index (χ3n) is 1.78. The highest BCUT2D eigenvalue weighted by atomic mass is 32.1. The van der Waals surface area contributed by atoms with E-state index in [0.29, 0.717) is 5.56 Å². The van der Waals surface area contributed by atoms with Crippen LogP contribution in [0.5, 0.6) is 5.75 Å². The molecule has 1 rings (SSSR count). The third kappa shape index (κ3) is 2.15. The molecule has 0 heterocycles. The zero-order valence-corrected chi connectivity index (χ0v) is 8.32. The lowest BCUT2D eigenvalue weighted by atomic mass is 10.1. The van der Waals surface area contributed by atoms with Gasteiger partial charge in [-0.15, -0.1) is 0 Å². The minimum Gasteiger partial charge on any atom is -0.496 e. The van der Waals surface area contributed by atoms with Crippen LogP contribution in [0.4, 0.5) is 13.2 Å². The maximum Gasteiger partial charge on any atom is 0.419 e. The summed E-state index contributed by atoms with van der Waals surface area (Å²) in [5.74, 6) is 0.0719. The van der Waals surface area contributed by atoms with Crippen LogP contribution in [0.3, 0.4) is 0 Å². The van der Waals surface area contributed by atoms with Gasteiger partial charge < -0.3 is 4.74 Å². The average molecular weight is 222 g/mol. The van der Waals surface area contributed by atoms with Crippen LogP contribution in [0.25, 0.3) is 0 Å². The van der Waals surface area contributed by atoms with Crippen molar-refractivity contribution >= 4 is 12.6 Å². The molecule has 0 fully saturated rings. The largest absolute Gasteiger partial charge is 0.496 e. The van der Waals surface area contributed by atoms with Crippen molar-refractivity contribution in [1.82, 2.24) is 0 Å². The number of ether oxygens (including phenoxy) is 1. The van der Waals surface area contributed by atoms with Crippen LogP contribution in [0.15, 0.2) is 18.2 Å². The lowest BCUT2D eigenvalue weighted by molar-refractivity contribution is -0.138. The molecule has 0 aliphatic rings. The second-order valence-corrected chi connectivity index (χ2v) is 2.97. The first-order valence-electron chi connectivity index (χ1n) is 3.84. The Labute approximate surface area is 85.3 Å². The molecular formula is C9H9F3OS. The molecule has 5 heteroatoms. The van der Waals surface area contributed by atoms with Gasteiger partial charge in [-0.25, -0.2) is 0 Å². The zero-order chi connectivity index (χ0) is 10.8. The van der Waals surface area contributed by atoms with E-state index in [0.717, 1.165) is 6.07 Å². The molecule has 0 unspecified atom stereocenters. The number of rotatable bonds is 2. The van der Waals surface area contributed by atoms with E-state index in [1.807, 2.05) is 0 Å². The summed E-state index contributed by atoms with van der Waals surface area (Å²) in [7, 11) is 1.22. The molecule has 78 valence electrons. The molecule has 0 saturated carbocycles. The molecule has 1 aromatic rings. The Balaban J connectivity index is 3.29. The average Bonchev–Trinajstić information content (AvgIpc) is 2.15. The van der Waals surface area contributed by atoms with Gasteiger partial charge >= 0.3 is 6.18 Å². The van der Waals surface area contributed by atoms with E-state index in [9.17, 15) is 13.2 Å². The van der Waals surface area contributed by atoms with Gasteiger partial charge in [0.25, 0.3) is 0 Å². The molecule has 0 aliphatic heterocycles. The summed E-state index contributed by atoms with van der Waals surface area (Å²) in [4.78, 5) is 0. The summed E-state index contributed by atoms with van der Waals surface area (Å²) in [6.45, 7) is 0. The lowest BCUT2D eigenvalue weighted by Gasteiger charge is -2.14. The number of hydrogen-bond donors (Lipinski definition) is 1. The molecule has 0 saturated heterocycles. The topological polar surface area (TPSA) is 9.23 Å². The third-order valence-corrected chi connectivity index (χ3v) is 2.12. The van der Waals surface area contributed by atoms with Crippen LogP contribution in [0.1, 0.15) is 11.1 Å². The number of alkyl halides is 3. The number of para-hydroxylation sites is 1. The Morgan fingerprint density at radius 1 is 1.36 bits per heavy atom. The van der Waals surface area contributed by atoms with Gasteiger partial charge in [0.1, 0.15) is 5.75 Å². The van der Waals surface area contributed by atoms with E-state index in [1.54, 1.807) is 6.07 Å². The van der Waals surface area contributed by atoms with E-state index >= 15 is 0 Å². The fourth-order valence-corrected chi connectivity index (χ4v) is 1.42. The Bertz CT molecular complexity index is 322. The molecule has 0 bridgehead atoms. The van der Waals surface area contributed by atoms with Gasteiger partial charge in [-0.1, -0.05) is 12.1 Å². The maximum atomic E-state index is 12.4. The van der Waals surface area contributed by atoms with E-state index < -0.39 is 11.7 Å². The molecule has 0 amide bonds. The zero-order valence-electron chi connectivity index (χ0n) is 7.43. The molecule has 0 N–H and O–H groups in total. The summed E-state index contributed by atoms with van der Waals surface area (Å²) in [6, 6.07) is 3.89. The highest BCUT2D eigenvalue weighted by Crippen LogP contribution is 2.38. The highest BCUT2D eigenvalue weighted by Gasteiger charge is 2.34. The van der Waals surface area contributed by atoms with Crippen molar-refractivity contribution in [2.45, 2.75) is 11.9 Å². The molecule has 0 radical (unpaired) electrons. The van der Waals surface area contributed by atoms with Crippen molar-refractivity contribution in [1.29, 1.82) is 0 Å². The van der Waals surface area contributed by atoms with Gasteiger partial charge in [-0.05, 0) is 6.07 Å². The molecule has 0 atom stereocenters. The van der Waals surface area contributed by atoms with E-state index in [4.69, 9.17) is 4.74 Å². The number of thiol groups is 1. The van der Waals surface area contributed by atoms with Crippen LogP contribution in [0.2, 0.25) is 0 Å². The smallest absolute Gasteiger partial charge is 0.419 e. The first kappa shape index (κ1) is 11.2. The molecule has 0 aliphatic carbocycles. The van der Waals surface area contributed by atoms with Gasteiger partial charge in [0.15, 0.2) is 0 Å². The summed E-state index contributed by atoms with van der Waals surface area (Å²) in [5, 5.41) is 0. The lowest BCUT2D eigenvalue weighted by Crippen LogP contribution is -2.08. The van der Waals surface area contributed by atoms with Gasteiger partial charge in [0.05, 0.1) is 12.7 Å². The second-order valence-electron chi connectivity index (χ2n) is 2.65.